The zero-order chi connectivity index (χ0) is 22.6. The van der Waals surface area contributed by atoms with Crippen LogP contribution in [0.5, 0.6) is 0 Å². The largest absolute Gasteiger partial charge is 0.355 e. The molecule has 4 rings (SSSR count). The van der Waals surface area contributed by atoms with E-state index in [1.807, 2.05) is 0 Å². The fourth-order valence-corrected chi connectivity index (χ4v) is 7.16. The Morgan fingerprint density at radius 3 is 2.72 bits per heavy atom. The molecule has 2 aliphatic heterocycles. The molecule has 0 unspecified atom stereocenters. The minimum absolute atomic E-state index is 0.0473. The molecular weight excluding hydrogens is 450 g/mol. The molecule has 2 saturated heterocycles. The Hall–Kier alpha value is -1.82. The molecule has 11 heteroatoms. The number of nitrogens with zero attached hydrogens (tertiary/aromatic N) is 4. The lowest BCUT2D eigenvalue weighted by atomic mass is 9.99. The topological polar surface area (TPSA) is 109 Å². The summed E-state index contributed by atoms with van der Waals surface area (Å²) in [4.78, 5) is 19.3. The molecule has 0 spiro atoms. The van der Waals surface area contributed by atoms with Gasteiger partial charge in [0.2, 0.25) is 17.6 Å². The number of sulfonamides is 1. The Morgan fingerprint density at radius 1 is 1.22 bits per heavy atom. The van der Waals surface area contributed by atoms with Gasteiger partial charge in [-0.15, -0.1) is 11.3 Å². The first kappa shape index (κ1) is 23.3. The third kappa shape index (κ3) is 5.56. The lowest BCUT2D eigenvalue weighted by Gasteiger charge is -2.31. The summed E-state index contributed by atoms with van der Waals surface area (Å²) < 4.78 is 33.0. The molecule has 0 radical (unpaired) electrons. The van der Waals surface area contributed by atoms with E-state index in [1.54, 1.807) is 18.4 Å². The van der Waals surface area contributed by atoms with E-state index < -0.39 is 10.0 Å². The summed E-state index contributed by atoms with van der Waals surface area (Å²) in [5.74, 6) is 0.438. The maximum Gasteiger partial charge on any atom is 0.252 e. The number of aromatic nitrogens is 2. The van der Waals surface area contributed by atoms with Crippen LogP contribution in [-0.4, -0.2) is 72.9 Å². The lowest BCUT2D eigenvalue weighted by Crippen LogP contribution is -2.46. The standard InChI is InChI=1S/C21H31N5O4S2/c1-16-23-20(24-30-16)18-13-19(31-15-18)32(28,29)26-11-6-7-17(14-26)21(27)22-8-12-25-9-4-2-3-5-10-25/h13,15,17H,2-12,14H2,1H3,(H,22,27)/t17-/m1/s1. The van der Waals surface area contributed by atoms with Crippen molar-refractivity contribution < 1.29 is 17.7 Å². The van der Waals surface area contributed by atoms with Crippen molar-refractivity contribution in [2.24, 2.45) is 5.92 Å². The molecule has 176 valence electrons. The smallest absolute Gasteiger partial charge is 0.252 e. The number of hydrogen-bond acceptors (Lipinski definition) is 8. The van der Waals surface area contributed by atoms with E-state index in [2.05, 4.69) is 20.4 Å². The van der Waals surface area contributed by atoms with Crippen molar-refractivity contribution in [3.05, 3.63) is 17.3 Å². The number of amides is 1. The number of likely N-dealkylation sites (tertiary alicyclic amines) is 1. The minimum atomic E-state index is -3.67. The number of nitrogens with one attached hydrogen (secondary N) is 1. The van der Waals surface area contributed by atoms with Crippen LogP contribution >= 0.6 is 11.3 Å². The second-order valence-electron chi connectivity index (χ2n) is 8.54. The van der Waals surface area contributed by atoms with Crippen LogP contribution < -0.4 is 5.32 Å². The van der Waals surface area contributed by atoms with Gasteiger partial charge in [-0.05, 0) is 44.8 Å². The van der Waals surface area contributed by atoms with Crippen molar-refractivity contribution in [2.45, 2.75) is 49.7 Å². The van der Waals surface area contributed by atoms with Gasteiger partial charge in [-0.2, -0.15) is 9.29 Å². The number of carbonyl (C=O) groups excluding carboxylic acids is 1. The van der Waals surface area contributed by atoms with E-state index in [1.165, 1.54) is 30.0 Å². The van der Waals surface area contributed by atoms with Gasteiger partial charge in [-0.1, -0.05) is 18.0 Å². The van der Waals surface area contributed by atoms with E-state index >= 15 is 0 Å². The monoisotopic (exact) mass is 481 g/mol. The Bertz CT molecular complexity index is 1010. The fraction of sp³-hybridized carbons (Fsp3) is 0.667. The second-order valence-corrected chi connectivity index (χ2v) is 11.6. The Kier molecular flexibility index (Phi) is 7.59. The summed E-state index contributed by atoms with van der Waals surface area (Å²) in [6.07, 6.45) is 6.40. The van der Waals surface area contributed by atoms with Crippen LogP contribution in [0.2, 0.25) is 0 Å². The molecule has 0 aromatic carbocycles. The molecule has 1 amide bonds. The van der Waals surface area contributed by atoms with Gasteiger partial charge in [-0.25, -0.2) is 8.42 Å². The van der Waals surface area contributed by atoms with Gasteiger partial charge in [0.1, 0.15) is 4.21 Å². The lowest BCUT2D eigenvalue weighted by molar-refractivity contribution is -0.126. The fourth-order valence-electron chi connectivity index (χ4n) is 4.33. The van der Waals surface area contributed by atoms with E-state index in [0.29, 0.717) is 43.2 Å². The highest BCUT2D eigenvalue weighted by Gasteiger charge is 2.34. The van der Waals surface area contributed by atoms with Crippen molar-refractivity contribution in [1.29, 1.82) is 0 Å². The normalized spacial score (nSPS) is 21.3. The molecule has 2 fully saturated rings. The third-order valence-electron chi connectivity index (χ3n) is 6.14. The van der Waals surface area contributed by atoms with Crippen molar-refractivity contribution in [1.82, 2.24) is 24.7 Å². The van der Waals surface area contributed by atoms with Crippen LogP contribution in [0.4, 0.5) is 0 Å². The highest BCUT2D eigenvalue weighted by Crippen LogP contribution is 2.31. The van der Waals surface area contributed by atoms with Crippen molar-refractivity contribution in [3.8, 4) is 11.4 Å². The van der Waals surface area contributed by atoms with Crippen molar-refractivity contribution >= 4 is 27.3 Å². The molecule has 0 bridgehead atoms. The van der Waals surface area contributed by atoms with Crippen LogP contribution in [0, 0.1) is 12.8 Å². The first-order valence-electron chi connectivity index (χ1n) is 11.3. The number of rotatable bonds is 7. The highest BCUT2D eigenvalue weighted by molar-refractivity contribution is 7.91. The molecule has 0 saturated carbocycles. The Morgan fingerprint density at radius 2 is 2.00 bits per heavy atom. The number of thiophene rings is 1. The molecule has 4 heterocycles. The summed E-state index contributed by atoms with van der Waals surface area (Å²) in [6.45, 7) is 5.98. The molecule has 2 aromatic rings. The summed E-state index contributed by atoms with van der Waals surface area (Å²) >= 11 is 1.14. The van der Waals surface area contributed by atoms with Gasteiger partial charge >= 0.3 is 0 Å². The van der Waals surface area contributed by atoms with Gasteiger partial charge in [0.15, 0.2) is 0 Å². The van der Waals surface area contributed by atoms with Gasteiger partial charge in [-0.3, -0.25) is 4.79 Å². The van der Waals surface area contributed by atoms with Crippen LogP contribution in [-0.2, 0) is 14.8 Å². The predicted octanol–water partition coefficient (Wildman–Crippen LogP) is 2.50. The molecular formula is C21H31N5O4S2. The average molecular weight is 482 g/mol. The molecule has 2 aliphatic rings. The quantitative estimate of drug-likeness (QED) is 0.647. The zero-order valence-electron chi connectivity index (χ0n) is 18.5. The maximum absolute atomic E-state index is 13.2. The molecule has 32 heavy (non-hydrogen) atoms. The van der Waals surface area contributed by atoms with E-state index in [-0.39, 0.29) is 22.6 Å². The van der Waals surface area contributed by atoms with Crippen LogP contribution in [0.25, 0.3) is 11.4 Å². The average Bonchev–Trinajstić information content (AvgIpc) is 3.38. The highest BCUT2D eigenvalue weighted by atomic mass is 32.2. The molecule has 1 N–H and O–H groups in total. The van der Waals surface area contributed by atoms with Crippen molar-refractivity contribution in [2.75, 3.05) is 39.3 Å². The van der Waals surface area contributed by atoms with Gasteiger partial charge in [0.05, 0.1) is 5.92 Å². The number of hydrogen-bond donors (Lipinski definition) is 1. The number of piperidine rings is 1. The Balaban J connectivity index is 1.33. The first-order chi connectivity index (χ1) is 15.4. The predicted molar refractivity (Wildman–Crippen MR) is 122 cm³/mol. The van der Waals surface area contributed by atoms with Crippen molar-refractivity contribution in [3.63, 3.8) is 0 Å². The molecule has 2 aromatic heterocycles. The van der Waals surface area contributed by atoms with E-state index in [9.17, 15) is 13.2 Å². The summed E-state index contributed by atoms with van der Waals surface area (Å²) in [5, 5.41) is 8.60. The molecule has 9 nitrogen and oxygen atoms in total. The van der Waals surface area contributed by atoms with Gasteiger partial charge in [0.25, 0.3) is 10.0 Å². The third-order valence-corrected chi connectivity index (χ3v) is 9.42. The molecule has 0 aliphatic carbocycles. The minimum Gasteiger partial charge on any atom is -0.355 e. The first-order valence-corrected chi connectivity index (χ1v) is 13.6. The van der Waals surface area contributed by atoms with Crippen LogP contribution in [0.15, 0.2) is 20.2 Å². The van der Waals surface area contributed by atoms with E-state index in [0.717, 1.165) is 31.0 Å². The van der Waals surface area contributed by atoms with Crippen LogP contribution in [0.3, 0.4) is 0 Å². The number of aryl methyl sites for hydroxylation is 1. The Labute approximate surface area is 193 Å². The second kappa shape index (κ2) is 10.4. The summed E-state index contributed by atoms with van der Waals surface area (Å²) in [5.41, 5.74) is 0.616. The van der Waals surface area contributed by atoms with Gasteiger partial charge < -0.3 is 14.7 Å². The SMILES string of the molecule is Cc1nc(-c2csc(S(=O)(=O)N3CCC[C@@H](C(=O)NCCN4CCCCCC4)C3)c2)no1. The summed E-state index contributed by atoms with van der Waals surface area (Å²) in [7, 11) is -3.67. The number of carbonyl (C=O) groups is 1. The zero-order valence-corrected chi connectivity index (χ0v) is 20.1. The van der Waals surface area contributed by atoms with Crippen LogP contribution in [0.1, 0.15) is 44.4 Å². The maximum atomic E-state index is 13.2. The summed E-state index contributed by atoms with van der Waals surface area (Å²) in [6, 6.07) is 1.58. The van der Waals surface area contributed by atoms with Gasteiger partial charge in [0, 0.05) is 44.0 Å². The molecule has 1 atom stereocenters. The van der Waals surface area contributed by atoms with E-state index in [4.69, 9.17) is 4.52 Å².